The number of aliphatic hydroxyl groups is 1. The minimum Gasteiger partial charge on any atom is -0.494 e. The number of aromatic nitrogens is 2. The minimum absolute atomic E-state index is 0.0183. The van der Waals surface area contributed by atoms with Crippen LogP contribution in [0.5, 0.6) is 5.75 Å². The Morgan fingerprint density at radius 1 is 1.35 bits per heavy atom. The van der Waals surface area contributed by atoms with Crippen molar-refractivity contribution in [1.29, 1.82) is 0 Å². The number of Topliss-reactive ketones (excluding diaryl/α,β-unsaturated/α-hetero) is 1. The normalized spacial score (nSPS) is 12.6. The van der Waals surface area contributed by atoms with Crippen LogP contribution in [0.4, 0.5) is 0 Å². The minimum atomic E-state index is -0.887. The summed E-state index contributed by atoms with van der Waals surface area (Å²) in [5.41, 5.74) is 2.16. The molecule has 138 valence electrons. The Morgan fingerprint density at radius 2 is 2.12 bits per heavy atom. The number of imidazole rings is 1. The number of aliphatic hydroxyl groups excluding tert-OH is 1. The maximum Gasteiger partial charge on any atom is 0.146 e. The summed E-state index contributed by atoms with van der Waals surface area (Å²) in [6.45, 7) is 2.29. The fraction of sp³-hybridized carbons (Fsp3) is 0.350. The molecule has 0 aliphatic carbocycles. The molecule has 0 radical (unpaired) electrons. The summed E-state index contributed by atoms with van der Waals surface area (Å²) in [5.74, 6) is 0.547. The number of rotatable bonds is 11. The first-order valence-corrected chi connectivity index (χ1v) is 8.62. The number of nitrogens with zero attached hydrogens (tertiary/aromatic N) is 1. The van der Waals surface area contributed by atoms with E-state index in [1.54, 1.807) is 49.8 Å². The molecule has 0 aliphatic heterocycles. The second-order valence-corrected chi connectivity index (χ2v) is 6.01. The molecule has 1 unspecified atom stereocenters. The van der Waals surface area contributed by atoms with Crippen LogP contribution in [0.15, 0.2) is 48.4 Å². The quantitative estimate of drug-likeness (QED) is 0.367. The van der Waals surface area contributed by atoms with Gasteiger partial charge in [0.15, 0.2) is 0 Å². The van der Waals surface area contributed by atoms with Crippen LogP contribution in [0.25, 0.3) is 0 Å². The summed E-state index contributed by atoms with van der Waals surface area (Å²) >= 11 is 0. The molecule has 1 aromatic heterocycles. The van der Waals surface area contributed by atoms with E-state index >= 15 is 0 Å². The molecule has 0 saturated carbocycles. The van der Waals surface area contributed by atoms with Crippen molar-refractivity contribution in [3.8, 4) is 5.75 Å². The zero-order chi connectivity index (χ0) is 18.8. The number of ether oxygens (including phenoxy) is 1. The lowest BCUT2D eigenvalue weighted by atomic mass is 10.0. The van der Waals surface area contributed by atoms with Gasteiger partial charge < -0.3 is 14.8 Å². The number of ketones is 1. The number of hydrogen-bond acceptors (Lipinski definition) is 5. The molecule has 0 aliphatic rings. The van der Waals surface area contributed by atoms with Crippen LogP contribution in [0.2, 0.25) is 0 Å². The van der Waals surface area contributed by atoms with Gasteiger partial charge in [-0.1, -0.05) is 18.2 Å². The number of carbonyl (C=O) groups is 2. The Balaban J connectivity index is 1.76. The molecule has 26 heavy (non-hydrogen) atoms. The van der Waals surface area contributed by atoms with Gasteiger partial charge >= 0.3 is 0 Å². The van der Waals surface area contributed by atoms with Gasteiger partial charge in [0, 0.05) is 24.7 Å². The molecule has 1 aromatic carbocycles. The Morgan fingerprint density at radius 3 is 2.73 bits per heavy atom. The summed E-state index contributed by atoms with van der Waals surface area (Å²) in [4.78, 5) is 29.7. The van der Waals surface area contributed by atoms with Crippen molar-refractivity contribution in [2.24, 2.45) is 0 Å². The van der Waals surface area contributed by atoms with Crippen LogP contribution in [0.1, 0.15) is 43.5 Å². The highest BCUT2D eigenvalue weighted by Crippen LogP contribution is 2.21. The van der Waals surface area contributed by atoms with Gasteiger partial charge in [0.25, 0.3) is 0 Å². The molecule has 6 nitrogen and oxygen atoms in total. The molecule has 0 spiro atoms. The highest BCUT2D eigenvalue weighted by atomic mass is 16.5. The van der Waals surface area contributed by atoms with Gasteiger partial charge in [0.1, 0.15) is 17.8 Å². The highest BCUT2D eigenvalue weighted by molar-refractivity contribution is 5.88. The lowest BCUT2D eigenvalue weighted by Gasteiger charge is -2.12. The van der Waals surface area contributed by atoms with Crippen molar-refractivity contribution >= 4 is 12.1 Å². The van der Waals surface area contributed by atoms with Gasteiger partial charge in [-0.3, -0.25) is 9.59 Å². The van der Waals surface area contributed by atoms with E-state index in [4.69, 9.17) is 4.74 Å². The molecule has 6 heteroatoms. The summed E-state index contributed by atoms with van der Waals surface area (Å²) in [5, 5.41) is 10.2. The van der Waals surface area contributed by atoms with Crippen LogP contribution in [0.3, 0.4) is 0 Å². The molecule has 0 bridgehead atoms. The Labute approximate surface area is 152 Å². The van der Waals surface area contributed by atoms with E-state index in [1.807, 2.05) is 0 Å². The summed E-state index contributed by atoms with van der Waals surface area (Å²) < 4.78 is 5.67. The second-order valence-electron chi connectivity index (χ2n) is 6.01. The number of nitrogens with one attached hydrogen (secondary N) is 1. The van der Waals surface area contributed by atoms with Gasteiger partial charge in [0.2, 0.25) is 0 Å². The third-order valence-corrected chi connectivity index (χ3v) is 4.02. The van der Waals surface area contributed by atoms with E-state index in [1.165, 1.54) is 0 Å². The number of benzene rings is 1. The lowest BCUT2D eigenvalue weighted by Crippen LogP contribution is -2.08. The van der Waals surface area contributed by atoms with Crippen molar-refractivity contribution in [2.45, 2.75) is 38.7 Å². The van der Waals surface area contributed by atoms with E-state index in [0.717, 1.165) is 18.5 Å². The molecular weight excluding hydrogens is 332 g/mol. The van der Waals surface area contributed by atoms with Crippen molar-refractivity contribution < 1.29 is 19.4 Å². The zero-order valence-corrected chi connectivity index (χ0v) is 14.9. The molecule has 2 N–H and O–H groups in total. The fourth-order valence-corrected chi connectivity index (χ4v) is 2.51. The average Bonchev–Trinajstić information content (AvgIpc) is 3.17. The van der Waals surface area contributed by atoms with Crippen molar-refractivity contribution in [1.82, 2.24) is 9.97 Å². The molecule has 1 atom stereocenters. The molecule has 0 fully saturated rings. The average molecular weight is 356 g/mol. The van der Waals surface area contributed by atoms with Crippen molar-refractivity contribution in [3.63, 3.8) is 0 Å². The van der Waals surface area contributed by atoms with E-state index < -0.39 is 6.10 Å². The maximum atomic E-state index is 11.9. The Bertz CT molecular complexity index is 721. The Hall–Kier alpha value is -2.73. The van der Waals surface area contributed by atoms with Crippen LogP contribution in [-0.2, 0) is 16.0 Å². The van der Waals surface area contributed by atoms with E-state index in [9.17, 15) is 14.7 Å². The molecule has 2 aromatic rings. The second kappa shape index (κ2) is 10.3. The van der Waals surface area contributed by atoms with Crippen molar-refractivity contribution in [3.05, 3.63) is 59.7 Å². The third-order valence-electron chi connectivity index (χ3n) is 4.02. The lowest BCUT2D eigenvalue weighted by molar-refractivity contribution is -0.121. The number of allylic oxidation sites excluding steroid dienone is 2. The van der Waals surface area contributed by atoms with Gasteiger partial charge in [-0.05, 0) is 43.0 Å². The predicted octanol–water partition coefficient (Wildman–Crippen LogP) is 2.95. The first kappa shape index (κ1) is 19.6. The van der Waals surface area contributed by atoms with E-state index in [2.05, 4.69) is 9.97 Å². The van der Waals surface area contributed by atoms with Crippen LogP contribution in [0, 0.1) is 0 Å². The number of hydrogen-bond donors (Lipinski definition) is 2. The van der Waals surface area contributed by atoms with Crippen LogP contribution >= 0.6 is 0 Å². The number of aryl methyl sites for hydroxylation is 1. The van der Waals surface area contributed by atoms with Gasteiger partial charge in [0.05, 0.1) is 19.0 Å². The Kier molecular flexibility index (Phi) is 7.76. The van der Waals surface area contributed by atoms with Gasteiger partial charge in [-0.25, -0.2) is 4.98 Å². The topological polar surface area (TPSA) is 92.3 Å². The zero-order valence-electron chi connectivity index (χ0n) is 14.9. The first-order valence-electron chi connectivity index (χ1n) is 8.62. The smallest absolute Gasteiger partial charge is 0.146 e. The molecular formula is C20H24N2O4. The molecule has 1 heterocycles. The van der Waals surface area contributed by atoms with E-state index in [0.29, 0.717) is 29.8 Å². The van der Waals surface area contributed by atoms with Gasteiger partial charge in [-0.2, -0.15) is 0 Å². The number of H-pyrrole nitrogens is 1. The fourth-order valence-electron chi connectivity index (χ4n) is 2.51. The van der Waals surface area contributed by atoms with E-state index in [-0.39, 0.29) is 18.6 Å². The maximum absolute atomic E-state index is 11.9. The standard InChI is InChI=1S/C20H24N2O4/c1-2-15(13-23)10-18(24)11-20(25)16-5-7-19(8-6-16)26-9-3-4-17-12-21-14-22-17/h2,5-8,12-14,20,25H,3-4,9-11H2,1H3,(H,21,22). The summed E-state index contributed by atoms with van der Waals surface area (Å²) in [7, 11) is 0. The molecule has 0 saturated heterocycles. The summed E-state index contributed by atoms with van der Waals surface area (Å²) in [6.07, 6.45) is 6.61. The van der Waals surface area contributed by atoms with Crippen molar-refractivity contribution in [2.75, 3.05) is 6.61 Å². The number of aromatic amines is 1. The van der Waals surface area contributed by atoms with Gasteiger partial charge in [-0.15, -0.1) is 0 Å². The highest BCUT2D eigenvalue weighted by Gasteiger charge is 2.14. The summed E-state index contributed by atoms with van der Waals surface area (Å²) in [6, 6.07) is 7.06. The predicted molar refractivity (Wildman–Crippen MR) is 97.9 cm³/mol. The monoisotopic (exact) mass is 356 g/mol. The third kappa shape index (κ3) is 6.29. The molecule has 2 rings (SSSR count). The largest absolute Gasteiger partial charge is 0.494 e. The molecule has 0 amide bonds. The first-order chi connectivity index (χ1) is 12.6. The SMILES string of the molecule is CC=C(C=O)CC(=O)CC(O)c1ccc(OCCCc2cnc[nH]2)cc1. The van der Waals surface area contributed by atoms with Crippen LogP contribution < -0.4 is 4.74 Å². The number of aldehydes is 1. The van der Waals surface area contributed by atoms with Crippen LogP contribution in [-0.4, -0.2) is 33.8 Å². The number of carbonyl (C=O) groups excluding carboxylic acids is 2.